The van der Waals surface area contributed by atoms with E-state index in [9.17, 15) is 9.59 Å². The first-order valence-corrected chi connectivity index (χ1v) is 14.7. The number of amides is 3. The molecule has 0 bridgehead atoms. The quantitative estimate of drug-likeness (QED) is 0.259. The number of carbonyl (C=O) groups is 2. The van der Waals surface area contributed by atoms with Crippen molar-refractivity contribution >= 4 is 39.9 Å². The number of likely N-dealkylation sites (tertiary alicyclic amines) is 1. The maximum Gasteiger partial charge on any atom is 0.318 e. The summed E-state index contributed by atoms with van der Waals surface area (Å²) in [6.45, 7) is 6.06. The molecule has 0 aliphatic carbocycles. The Kier molecular flexibility index (Phi) is 8.52. The highest BCUT2D eigenvalue weighted by Crippen LogP contribution is 2.31. The van der Waals surface area contributed by atoms with Crippen molar-refractivity contribution in [1.82, 2.24) is 25.1 Å². The van der Waals surface area contributed by atoms with Crippen molar-refractivity contribution in [2.75, 3.05) is 32.5 Å². The largest absolute Gasteiger partial charge is 0.361 e. The molecular weight excluding hydrogens is 520 g/mol. The van der Waals surface area contributed by atoms with Crippen LogP contribution in [0, 0.1) is 6.92 Å². The average molecular weight is 559 g/mol. The maximum atomic E-state index is 13.8. The van der Waals surface area contributed by atoms with Crippen molar-refractivity contribution in [2.24, 2.45) is 0 Å². The average Bonchev–Trinajstić information content (AvgIpc) is 3.57. The number of benzene rings is 2. The smallest absolute Gasteiger partial charge is 0.318 e. The number of rotatable bonds is 8. The number of nitrogens with one attached hydrogen (secondary N) is 3. The van der Waals surface area contributed by atoms with Gasteiger partial charge < -0.3 is 25.4 Å². The Labute approximate surface area is 239 Å². The number of anilines is 1. The number of H-pyrrole nitrogens is 1. The van der Waals surface area contributed by atoms with Gasteiger partial charge in [-0.1, -0.05) is 37.3 Å². The van der Waals surface area contributed by atoms with Crippen molar-refractivity contribution in [1.29, 1.82) is 0 Å². The first kappa shape index (κ1) is 27.9. The van der Waals surface area contributed by atoms with E-state index in [-0.39, 0.29) is 17.9 Å². The number of aryl methyl sites for hydroxylation is 1. The van der Waals surface area contributed by atoms with Crippen molar-refractivity contribution in [3.05, 3.63) is 81.9 Å². The molecule has 3 N–H and O–H groups in total. The Bertz CT molecular complexity index is 1470. The standard InChI is InChI=1S/C31H38N6O2S/c1-20-19-40-30(33-20)23-12-14-37(15-13-23)31(39)35-28(21(2)26-17-32-27-11-6-5-10-25(26)27)29(38)34-24-9-7-8-22(16-24)18-36(3)4/h5-11,16-17,19,21,23,28,32H,12-15,18H2,1-4H3,(H,34,38)(H,35,39). The minimum atomic E-state index is -0.761. The zero-order chi connectivity index (χ0) is 28.2. The molecule has 2 atom stereocenters. The molecule has 0 spiro atoms. The second-order valence-electron chi connectivity index (χ2n) is 11.0. The first-order valence-electron chi connectivity index (χ1n) is 13.9. The summed E-state index contributed by atoms with van der Waals surface area (Å²) in [6, 6.07) is 14.9. The third-order valence-corrected chi connectivity index (χ3v) is 8.76. The fraction of sp³-hybridized carbons (Fsp3) is 0.387. The molecule has 4 aromatic rings. The van der Waals surface area contributed by atoms with E-state index in [4.69, 9.17) is 0 Å². The molecule has 1 aliphatic rings. The molecule has 3 amide bonds. The minimum Gasteiger partial charge on any atom is -0.361 e. The van der Waals surface area contributed by atoms with E-state index in [1.54, 1.807) is 11.3 Å². The third-order valence-electron chi connectivity index (χ3n) is 7.63. The Morgan fingerprint density at radius 1 is 1.15 bits per heavy atom. The van der Waals surface area contributed by atoms with Crippen LogP contribution in [0.2, 0.25) is 0 Å². The highest BCUT2D eigenvalue weighted by Gasteiger charge is 2.33. The Morgan fingerprint density at radius 2 is 1.93 bits per heavy atom. The molecule has 2 unspecified atom stereocenters. The van der Waals surface area contributed by atoms with Crippen LogP contribution in [0.4, 0.5) is 10.5 Å². The lowest BCUT2D eigenvalue weighted by Gasteiger charge is -2.33. The summed E-state index contributed by atoms with van der Waals surface area (Å²) >= 11 is 1.70. The van der Waals surface area contributed by atoms with E-state index in [2.05, 4.69) is 30.9 Å². The van der Waals surface area contributed by atoms with E-state index in [1.165, 1.54) is 0 Å². The van der Waals surface area contributed by atoms with E-state index in [0.29, 0.717) is 24.7 Å². The highest BCUT2D eigenvalue weighted by atomic mass is 32.1. The fourth-order valence-electron chi connectivity index (χ4n) is 5.51. The molecule has 0 saturated carbocycles. The number of nitrogens with zero attached hydrogens (tertiary/aromatic N) is 3. The predicted molar refractivity (Wildman–Crippen MR) is 162 cm³/mol. The van der Waals surface area contributed by atoms with Gasteiger partial charge in [0.1, 0.15) is 6.04 Å². The number of carbonyl (C=O) groups excluding carboxylic acids is 2. The highest BCUT2D eigenvalue weighted by molar-refractivity contribution is 7.09. The van der Waals surface area contributed by atoms with E-state index >= 15 is 0 Å². The molecule has 5 rings (SSSR count). The molecule has 210 valence electrons. The molecule has 1 fully saturated rings. The molecule has 3 heterocycles. The summed E-state index contributed by atoms with van der Waals surface area (Å²) in [5, 5.41) is 10.5. The van der Waals surface area contributed by atoms with Gasteiger partial charge in [-0.25, -0.2) is 9.78 Å². The lowest BCUT2D eigenvalue weighted by molar-refractivity contribution is -0.118. The zero-order valence-electron chi connectivity index (χ0n) is 23.6. The molecule has 0 radical (unpaired) electrons. The second-order valence-corrected chi connectivity index (χ2v) is 11.9. The number of urea groups is 1. The van der Waals surface area contributed by atoms with Crippen molar-refractivity contribution in [2.45, 2.75) is 51.1 Å². The molecule has 2 aromatic heterocycles. The number of thiazole rings is 1. The summed E-state index contributed by atoms with van der Waals surface area (Å²) in [5.41, 5.74) is 4.87. The fourth-order valence-corrected chi connectivity index (χ4v) is 6.48. The van der Waals surface area contributed by atoms with Crippen molar-refractivity contribution in [3.63, 3.8) is 0 Å². The van der Waals surface area contributed by atoms with Crippen LogP contribution < -0.4 is 10.6 Å². The molecule has 2 aromatic carbocycles. The van der Waals surface area contributed by atoms with Gasteiger partial charge in [0.25, 0.3) is 0 Å². The third kappa shape index (κ3) is 6.37. The molecule has 1 saturated heterocycles. The van der Waals surface area contributed by atoms with Gasteiger partial charge in [-0.2, -0.15) is 0 Å². The van der Waals surface area contributed by atoms with Crippen LogP contribution in [0.5, 0.6) is 0 Å². The number of fused-ring (bicyclic) bond motifs is 1. The van der Waals surface area contributed by atoms with Crippen LogP contribution in [0.25, 0.3) is 10.9 Å². The Morgan fingerprint density at radius 3 is 2.65 bits per heavy atom. The van der Waals surface area contributed by atoms with Crippen LogP contribution in [0.15, 0.2) is 60.1 Å². The van der Waals surface area contributed by atoms with Gasteiger partial charge in [-0.15, -0.1) is 11.3 Å². The van der Waals surface area contributed by atoms with Crippen LogP contribution >= 0.6 is 11.3 Å². The SMILES string of the molecule is Cc1csc(C2CCN(C(=O)NC(C(=O)Nc3cccc(CN(C)C)c3)C(C)c3c[nH]c4ccccc34)CC2)n1. The van der Waals surface area contributed by atoms with Crippen LogP contribution in [0.1, 0.15) is 53.4 Å². The number of para-hydroxylation sites is 1. The van der Waals surface area contributed by atoms with Gasteiger partial charge in [0.15, 0.2) is 0 Å². The molecular formula is C31H38N6O2S. The van der Waals surface area contributed by atoms with Gasteiger partial charge in [-0.05, 0) is 63.2 Å². The number of aromatic nitrogens is 2. The normalized spacial score (nSPS) is 15.8. The van der Waals surface area contributed by atoms with E-state index in [1.807, 2.05) is 87.6 Å². The summed E-state index contributed by atoms with van der Waals surface area (Å²) in [7, 11) is 4.03. The van der Waals surface area contributed by atoms with Crippen LogP contribution in [-0.4, -0.2) is 64.9 Å². The van der Waals surface area contributed by atoms with Crippen molar-refractivity contribution in [3.8, 4) is 0 Å². The van der Waals surface area contributed by atoms with Crippen molar-refractivity contribution < 1.29 is 9.59 Å². The monoisotopic (exact) mass is 558 g/mol. The number of piperidine rings is 1. The van der Waals surface area contributed by atoms with Gasteiger partial charge in [0, 0.05) is 65.3 Å². The number of hydrogen-bond donors (Lipinski definition) is 3. The lowest BCUT2D eigenvalue weighted by atomic mass is 9.92. The maximum absolute atomic E-state index is 13.8. The van der Waals surface area contributed by atoms with Gasteiger partial charge in [0.05, 0.1) is 5.01 Å². The molecule has 1 aliphatic heterocycles. The molecule has 9 heteroatoms. The summed E-state index contributed by atoms with van der Waals surface area (Å²) in [5.74, 6) is -0.122. The summed E-state index contributed by atoms with van der Waals surface area (Å²) in [6.07, 6.45) is 3.68. The summed E-state index contributed by atoms with van der Waals surface area (Å²) < 4.78 is 0. The van der Waals surface area contributed by atoms with Crippen LogP contribution in [-0.2, 0) is 11.3 Å². The van der Waals surface area contributed by atoms with Gasteiger partial charge >= 0.3 is 6.03 Å². The lowest BCUT2D eigenvalue weighted by Crippen LogP contribution is -2.53. The topological polar surface area (TPSA) is 93.4 Å². The first-order chi connectivity index (χ1) is 19.3. The molecule has 40 heavy (non-hydrogen) atoms. The number of hydrogen-bond acceptors (Lipinski definition) is 5. The van der Waals surface area contributed by atoms with Gasteiger partial charge in [-0.3, -0.25) is 4.79 Å². The van der Waals surface area contributed by atoms with E-state index < -0.39 is 6.04 Å². The zero-order valence-corrected chi connectivity index (χ0v) is 24.4. The number of aromatic amines is 1. The molecule has 8 nitrogen and oxygen atoms in total. The Hall–Kier alpha value is -3.69. The van der Waals surface area contributed by atoms with E-state index in [0.717, 1.165) is 52.1 Å². The second kappa shape index (κ2) is 12.2. The Balaban J connectivity index is 1.34. The summed E-state index contributed by atoms with van der Waals surface area (Å²) in [4.78, 5) is 39.2. The van der Waals surface area contributed by atoms with Crippen LogP contribution in [0.3, 0.4) is 0 Å². The minimum absolute atomic E-state index is 0.207. The predicted octanol–water partition coefficient (Wildman–Crippen LogP) is 5.69. The van der Waals surface area contributed by atoms with Gasteiger partial charge in [0.2, 0.25) is 5.91 Å².